The Morgan fingerprint density at radius 2 is 1.23 bits per heavy atom. The van der Waals surface area contributed by atoms with Gasteiger partial charge in [-0.3, -0.25) is 0 Å². The highest BCUT2D eigenvalue weighted by Gasteiger charge is 2.14. The molecular weight excluding hydrogens is 453 g/mol. The number of hydrogen-bond donors (Lipinski definition) is 0. The van der Waals surface area contributed by atoms with Gasteiger partial charge in [-0.25, -0.2) is 0 Å². The number of fused-ring (bicyclic) bond motifs is 3. The lowest BCUT2D eigenvalue weighted by atomic mass is 10.1. The van der Waals surface area contributed by atoms with Gasteiger partial charge in [-0.05, 0) is 41.8 Å². The molecule has 0 bridgehead atoms. The number of aryl methyl sites for hydroxylation is 1. The van der Waals surface area contributed by atoms with Crippen LogP contribution in [-0.2, 0) is 6.54 Å². The van der Waals surface area contributed by atoms with Gasteiger partial charge < -0.3 is 4.57 Å². The molecule has 166 valence electrons. The molecule has 0 amide bonds. The van der Waals surface area contributed by atoms with Crippen molar-refractivity contribution in [2.24, 2.45) is 0 Å². The highest BCUT2D eigenvalue weighted by atomic mass is 35.6. The third-order valence-corrected chi connectivity index (χ3v) is 8.17. The third-order valence-electron chi connectivity index (χ3n) is 5.49. The molecular formula is C26H35Cl2NSi2. The highest BCUT2D eigenvalue weighted by molar-refractivity contribution is 7.22. The van der Waals surface area contributed by atoms with Gasteiger partial charge in [-0.2, -0.15) is 22.2 Å². The molecule has 0 N–H and O–H groups in total. The fraction of sp³-hybridized carbons (Fsp3) is 0.385. The van der Waals surface area contributed by atoms with Crippen LogP contribution in [0.5, 0.6) is 0 Å². The number of aromatic nitrogens is 1. The summed E-state index contributed by atoms with van der Waals surface area (Å²) in [5, 5.41) is 2.64. The summed E-state index contributed by atoms with van der Waals surface area (Å²) in [7, 11) is -3.50. The Hall–Kier alpha value is -1.27. The van der Waals surface area contributed by atoms with E-state index in [1.807, 2.05) is 0 Å². The van der Waals surface area contributed by atoms with Gasteiger partial charge in [0.15, 0.2) is 14.8 Å². The summed E-state index contributed by atoms with van der Waals surface area (Å²) in [6, 6.07) is 13.6. The van der Waals surface area contributed by atoms with E-state index in [1.165, 1.54) is 58.6 Å². The lowest BCUT2D eigenvalue weighted by Gasteiger charge is -2.08. The number of hydrogen-bond acceptors (Lipinski definition) is 0. The van der Waals surface area contributed by atoms with E-state index in [4.69, 9.17) is 22.2 Å². The van der Waals surface area contributed by atoms with Gasteiger partial charge in [0, 0.05) is 28.4 Å². The standard InChI is InChI=1S/C26H35Cl2NSi2/c1-6-7-8-9-16-29-25-12-10-21(14-17-30(2,3)27)19-23(25)24-20-22(11-13-26(24)29)15-18-31(4,5)28/h10-15,17-20H,6-9,16H2,1-5H3/b17-14+,18-15+. The highest BCUT2D eigenvalue weighted by Crippen LogP contribution is 2.32. The van der Waals surface area contributed by atoms with Crippen molar-refractivity contribution >= 4 is 70.9 Å². The Morgan fingerprint density at radius 3 is 1.65 bits per heavy atom. The van der Waals surface area contributed by atoms with E-state index in [1.54, 1.807) is 0 Å². The fourth-order valence-electron chi connectivity index (χ4n) is 3.87. The number of unbranched alkanes of at least 4 members (excludes halogenated alkanes) is 3. The van der Waals surface area contributed by atoms with E-state index in [2.05, 4.69) is 97.6 Å². The molecule has 0 spiro atoms. The molecule has 0 saturated heterocycles. The van der Waals surface area contributed by atoms with Crippen LogP contribution in [0.15, 0.2) is 47.8 Å². The van der Waals surface area contributed by atoms with Crippen LogP contribution in [0.4, 0.5) is 0 Å². The molecule has 1 heterocycles. The Balaban J connectivity index is 2.10. The van der Waals surface area contributed by atoms with E-state index in [9.17, 15) is 0 Å². The summed E-state index contributed by atoms with van der Waals surface area (Å²) in [5.41, 5.74) is 9.46. The van der Waals surface area contributed by atoms with Crippen LogP contribution in [0.25, 0.3) is 34.0 Å². The van der Waals surface area contributed by atoms with E-state index in [0.29, 0.717) is 0 Å². The maximum Gasteiger partial charge on any atom is 0.173 e. The van der Waals surface area contributed by atoms with Gasteiger partial charge in [0.1, 0.15) is 0 Å². The molecule has 0 aliphatic rings. The predicted molar refractivity (Wildman–Crippen MR) is 148 cm³/mol. The van der Waals surface area contributed by atoms with E-state index >= 15 is 0 Å². The van der Waals surface area contributed by atoms with Gasteiger partial charge in [-0.15, -0.1) is 0 Å². The number of nitrogens with zero attached hydrogens (tertiary/aromatic N) is 1. The molecule has 5 heteroatoms. The second kappa shape index (κ2) is 10.1. The van der Waals surface area contributed by atoms with Gasteiger partial charge >= 0.3 is 0 Å². The third kappa shape index (κ3) is 6.85. The van der Waals surface area contributed by atoms with Crippen molar-refractivity contribution in [2.75, 3.05) is 0 Å². The SMILES string of the molecule is CCCCCCn1c2ccc(/C=C/[Si](C)(C)Cl)cc2c2cc(/C=C/[Si](C)(C)Cl)ccc21. The Morgan fingerprint density at radius 1 is 0.742 bits per heavy atom. The molecule has 0 saturated carbocycles. The first kappa shape index (κ1) is 24.4. The molecule has 1 aromatic heterocycles. The monoisotopic (exact) mass is 487 g/mol. The van der Waals surface area contributed by atoms with Crippen LogP contribution in [0, 0.1) is 0 Å². The lowest BCUT2D eigenvalue weighted by Crippen LogP contribution is -2.11. The van der Waals surface area contributed by atoms with E-state index in [0.717, 1.165) is 6.54 Å². The van der Waals surface area contributed by atoms with Crippen LogP contribution >= 0.6 is 22.2 Å². The minimum absolute atomic E-state index is 1.06. The smallest absolute Gasteiger partial charge is 0.173 e. The topological polar surface area (TPSA) is 4.93 Å². The van der Waals surface area contributed by atoms with E-state index in [-0.39, 0.29) is 0 Å². The maximum atomic E-state index is 6.51. The van der Waals surface area contributed by atoms with Crippen molar-refractivity contribution in [3.63, 3.8) is 0 Å². The zero-order valence-corrected chi connectivity index (χ0v) is 23.0. The fourth-order valence-corrected chi connectivity index (χ4v) is 5.43. The number of halogens is 2. The van der Waals surface area contributed by atoms with Crippen LogP contribution in [-0.4, -0.2) is 19.3 Å². The van der Waals surface area contributed by atoms with Crippen LogP contribution < -0.4 is 0 Å². The Labute approximate surface area is 199 Å². The van der Waals surface area contributed by atoms with Crippen LogP contribution in [0.3, 0.4) is 0 Å². The van der Waals surface area contributed by atoms with Gasteiger partial charge in [-0.1, -0.05) is 88.1 Å². The summed E-state index contributed by atoms with van der Waals surface area (Å²) in [4.78, 5) is 0. The first-order valence-electron chi connectivity index (χ1n) is 11.4. The van der Waals surface area contributed by atoms with Crippen molar-refractivity contribution in [3.8, 4) is 0 Å². The summed E-state index contributed by atoms with van der Waals surface area (Å²) >= 11 is 13.0. The van der Waals surface area contributed by atoms with Gasteiger partial charge in [0.05, 0.1) is 0 Å². The quantitative estimate of drug-likeness (QED) is 0.161. The molecule has 2 aromatic carbocycles. The number of rotatable bonds is 9. The minimum atomic E-state index is -1.75. The van der Waals surface area contributed by atoms with Crippen LogP contribution in [0.1, 0.15) is 43.7 Å². The summed E-state index contributed by atoms with van der Waals surface area (Å²) in [6.45, 7) is 11.9. The molecule has 0 unspecified atom stereocenters. The molecule has 0 radical (unpaired) electrons. The second-order valence-electron chi connectivity index (χ2n) is 9.56. The first-order valence-corrected chi connectivity index (χ1v) is 19.6. The molecule has 3 aromatic rings. The largest absolute Gasteiger partial charge is 0.340 e. The average molecular weight is 489 g/mol. The van der Waals surface area contributed by atoms with Crippen molar-refractivity contribution in [1.82, 2.24) is 4.57 Å². The molecule has 1 nitrogen and oxygen atoms in total. The lowest BCUT2D eigenvalue weighted by molar-refractivity contribution is 0.602. The normalized spacial score (nSPS) is 13.4. The minimum Gasteiger partial charge on any atom is -0.340 e. The van der Waals surface area contributed by atoms with Crippen molar-refractivity contribution in [1.29, 1.82) is 0 Å². The average Bonchev–Trinajstić information content (AvgIpc) is 2.99. The second-order valence-corrected chi connectivity index (χ2v) is 22.3. The van der Waals surface area contributed by atoms with Crippen LogP contribution in [0.2, 0.25) is 26.2 Å². The molecule has 0 fully saturated rings. The van der Waals surface area contributed by atoms with Gasteiger partial charge in [0.25, 0.3) is 0 Å². The molecule has 0 aliphatic carbocycles. The molecule has 0 atom stereocenters. The van der Waals surface area contributed by atoms with Crippen molar-refractivity contribution in [2.45, 2.75) is 65.3 Å². The zero-order valence-electron chi connectivity index (χ0n) is 19.5. The summed E-state index contributed by atoms with van der Waals surface area (Å²) < 4.78 is 2.50. The van der Waals surface area contributed by atoms with Crippen molar-refractivity contribution in [3.05, 3.63) is 58.9 Å². The summed E-state index contributed by atoms with van der Waals surface area (Å²) in [5.74, 6) is 0. The van der Waals surface area contributed by atoms with Gasteiger partial charge in [0.2, 0.25) is 0 Å². The summed E-state index contributed by atoms with van der Waals surface area (Å²) in [6.07, 6.45) is 9.44. The maximum absolute atomic E-state index is 6.51. The molecule has 0 aliphatic heterocycles. The molecule has 31 heavy (non-hydrogen) atoms. The molecule has 3 rings (SSSR count). The zero-order chi connectivity index (χ0) is 22.6. The first-order chi connectivity index (χ1) is 14.6. The van der Waals surface area contributed by atoms with E-state index < -0.39 is 14.8 Å². The van der Waals surface area contributed by atoms with Crippen molar-refractivity contribution < 1.29 is 0 Å². The predicted octanol–water partition coefficient (Wildman–Crippen LogP) is 9.37. The Bertz CT molecular complexity index is 1020. The number of benzene rings is 2. The Kier molecular flexibility index (Phi) is 7.96.